The number of hydrogen-bond donors (Lipinski definition) is 1. The van der Waals surface area contributed by atoms with E-state index in [1.807, 2.05) is 6.92 Å². The van der Waals surface area contributed by atoms with Crippen molar-refractivity contribution in [3.8, 4) is 5.75 Å². The number of aryl methyl sites for hydroxylation is 1. The van der Waals surface area contributed by atoms with Crippen molar-refractivity contribution < 1.29 is 4.74 Å². The van der Waals surface area contributed by atoms with Crippen LogP contribution in [0.4, 0.5) is 0 Å². The number of hydrogen-bond acceptors (Lipinski definition) is 2. The van der Waals surface area contributed by atoms with Gasteiger partial charge in [-0.2, -0.15) is 0 Å². The van der Waals surface area contributed by atoms with Crippen molar-refractivity contribution in [2.24, 2.45) is 11.7 Å². The van der Waals surface area contributed by atoms with Crippen LogP contribution in [0.2, 0.25) is 0 Å². The van der Waals surface area contributed by atoms with E-state index in [4.69, 9.17) is 10.5 Å². The zero-order valence-electron chi connectivity index (χ0n) is 12.5. The summed E-state index contributed by atoms with van der Waals surface area (Å²) in [5.41, 5.74) is 8.44. The highest BCUT2D eigenvalue weighted by Gasteiger charge is 2.23. The minimum absolute atomic E-state index is 0.0282. The molecular formula is C17H27NO. The lowest BCUT2D eigenvalue weighted by Gasteiger charge is -2.30. The first-order chi connectivity index (χ1) is 9.10. The van der Waals surface area contributed by atoms with Gasteiger partial charge in [-0.15, -0.1) is 0 Å². The van der Waals surface area contributed by atoms with Gasteiger partial charge in [0.25, 0.3) is 0 Å². The van der Waals surface area contributed by atoms with Gasteiger partial charge in [-0.05, 0) is 45.1 Å². The second-order valence-electron chi connectivity index (χ2n) is 6.01. The standard InChI is InChI=1S/C17H27NO/c1-4-14-6-5-7-15(11-14)19-17-9-8-12(2)10-16(17)13(3)18/h8-10,13-15H,4-7,11,18H2,1-3H3/t13-,14?,15?/m1/s1. The predicted octanol–water partition coefficient (Wildman–Crippen LogP) is 4.36. The van der Waals surface area contributed by atoms with Crippen LogP contribution in [0.1, 0.15) is 63.1 Å². The van der Waals surface area contributed by atoms with Crippen LogP contribution in [0.5, 0.6) is 5.75 Å². The van der Waals surface area contributed by atoms with Crippen molar-refractivity contribution in [3.63, 3.8) is 0 Å². The summed E-state index contributed by atoms with van der Waals surface area (Å²) >= 11 is 0. The van der Waals surface area contributed by atoms with E-state index in [0.29, 0.717) is 6.10 Å². The third-order valence-electron chi connectivity index (χ3n) is 4.26. The molecule has 0 spiro atoms. The summed E-state index contributed by atoms with van der Waals surface area (Å²) in [5.74, 6) is 1.82. The van der Waals surface area contributed by atoms with Gasteiger partial charge in [-0.25, -0.2) is 0 Å². The summed E-state index contributed by atoms with van der Waals surface area (Å²) in [5, 5.41) is 0. The second kappa shape index (κ2) is 6.42. The Kier molecular flexibility index (Phi) is 4.87. The third-order valence-corrected chi connectivity index (χ3v) is 4.26. The Balaban J connectivity index is 2.10. The lowest BCUT2D eigenvalue weighted by Crippen LogP contribution is -2.26. The van der Waals surface area contributed by atoms with Crippen molar-refractivity contribution in [2.75, 3.05) is 0 Å². The van der Waals surface area contributed by atoms with Crippen LogP contribution in [0.25, 0.3) is 0 Å². The summed E-state index contributed by atoms with van der Waals surface area (Å²) in [6.07, 6.45) is 6.69. The molecule has 0 amide bonds. The van der Waals surface area contributed by atoms with E-state index in [9.17, 15) is 0 Å². The Bertz CT molecular complexity index is 414. The van der Waals surface area contributed by atoms with E-state index < -0.39 is 0 Å². The maximum Gasteiger partial charge on any atom is 0.124 e. The fourth-order valence-corrected chi connectivity index (χ4v) is 3.03. The lowest BCUT2D eigenvalue weighted by molar-refractivity contribution is 0.120. The maximum atomic E-state index is 6.25. The van der Waals surface area contributed by atoms with Gasteiger partial charge in [0.05, 0.1) is 6.10 Å². The van der Waals surface area contributed by atoms with Crippen LogP contribution >= 0.6 is 0 Å². The fraction of sp³-hybridized carbons (Fsp3) is 0.647. The highest BCUT2D eigenvalue weighted by atomic mass is 16.5. The Morgan fingerprint density at radius 1 is 1.37 bits per heavy atom. The van der Waals surface area contributed by atoms with Gasteiger partial charge in [-0.1, -0.05) is 37.5 Å². The third kappa shape index (κ3) is 3.73. The summed E-state index contributed by atoms with van der Waals surface area (Å²) < 4.78 is 6.25. The molecule has 2 unspecified atom stereocenters. The summed E-state index contributed by atoms with van der Waals surface area (Å²) in [6.45, 7) is 6.41. The summed E-state index contributed by atoms with van der Waals surface area (Å²) in [6, 6.07) is 6.38. The molecule has 0 aliphatic heterocycles. The van der Waals surface area contributed by atoms with Gasteiger partial charge in [0.15, 0.2) is 0 Å². The van der Waals surface area contributed by atoms with Gasteiger partial charge >= 0.3 is 0 Å². The monoisotopic (exact) mass is 261 g/mol. The normalized spacial score (nSPS) is 25.1. The van der Waals surface area contributed by atoms with Crippen LogP contribution in [0.3, 0.4) is 0 Å². The van der Waals surface area contributed by atoms with E-state index in [2.05, 4.69) is 32.0 Å². The molecule has 19 heavy (non-hydrogen) atoms. The van der Waals surface area contributed by atoms with Crippen LogP contribution in [-0.4, -0.2) is 6.10 Å². The lowest BCUT2D eigenvalue weighted by atomic mass is 9.85. The number of nitrogens with two attached hydrogens (primary N) is 1. The molecule has 1 aromatic carbocycles. The molecule has 0 bridgehead atoms. The van der Waals surface area contributed by atoms with Crippen LogP contribution in [0, 0.1) is 12.8 Å². The average Bonchev–Trinajstić information content (AvgIpc) is 2.41. The molecule has 1 fully saturated rings. The Morgan fingerprint density at radius 2 is 2.16 bits per heavy atom. The number of ether oxygens (including phenoxy) is 1. The van der Waals surface area contributed by atoms with Gasteiger partial charge in [0.2, 0.25) is 0 Å². The van der Waals surface area contributed by atoms with E-state index in [1.165, 1.54) is 37.7 Å². The molecule has 0 radical (unpaired) electrons. The first kappa shape index (κ1) is 14.4. The highest BCUT2D eigenvalue weighted by Crippen LogP contribution is 2.32. The van der Waals surface area contributed by atoms with Crippen molar-refractivity contribution in [1.29, 1.82) is 0 Å². The van der Waals surface area contributed by atoms with Crippen molar-refractivity contribution in [1.82, 2.24) is 0 Å². The average molecular weight is 261 g/mol. The molecule has 2 heteroatoms. The van der Waals surface area contributed by atoms with E-state index in [-0.39, 0.29) is 6.04 Å². The molecular weight excluding hydrogens is 234 g/mol. The van der Waals surface area contributed by atoms with Crippen LogP contribution in [-0.2, 0) is 0 Å². The van der Waals surface area contributed by atoms with Crippen LogP contribution < -0.4 is 10.5 Å². The second-order valence-corrected chi connectivity index (χ2v) is 6.01. The predicted molar refractivity (Wildman–Crippen MR) is 80.4 cm³/mol. The minimum Gasteiger partial charge on any atom is -0.490 e. The fourth-order valence-electron chi connectivity index (χ4n) is 3.03. The van der Waals surface area contributed by atoms with Crippen molar-refractivity contribution in [3.05, 3.63) is 29.3 Å². The minimum atomic E-state index is 0.0282. The Labute approximate surface area is 117 Å². The number of benzene rings is 1. The van der Waals surface area contributed by atoms with Crippen molar-refractivity contribution >= 4 is 0 Å². The first-order valence-corrected chi connectivity index (χ1v) is 7.63. The molecule has 2 rings (SSSR count). The maximum absolute atomic E-state index is 6.25. The van der Waals surface area contributed by atoms with E-state index in [1.54, 1.807) is 0 Å². The molecule has 2 nitrogen and oxygen atoms in total. The molecule has 1 aliphatic carbocycles. The molecule has 0 heterocycles. The van der Waals surface area contributed by atoms with Gasteiger partial charge in [-0.3, -0.25) is 0 Å². The zero-order valence-corrected chi connectivity index (χ0v) is 12.5. The van der Waals surface area contributed by atoms with Crippen LogP contribution in [0.15, 0.2) is 18.2 Å². The highest BCUT2D eigenvalue weighted by molar-refractivity contribution is 5.38. The Hall–Kier alpha value is -1.02. The molecule has 1 saturated carbocycles. The Morgan fingerprint density at radius 3 is 2.84 bits per heavy atom. The molecule has 2 N–H and O–H groups in total. The first-order valence-electron chi connectivity index (χ1n) is 7.63. The molecule has 0 aromatic heterocycles. The summed E-state index contributed by atoms with van der Waals surface area (Å²) in [7, 11) is 0. The molecule has 1 aliphatic rings. The van der Waals surface area contributed by atoms with Gasteiger partial charge in [0, 0.05) is 11.6 Å². The largest absolute Gasteiger partial charge is 0.490 e. The smallest absolute Gasteiger partial charge is 0.124 e. The van der Waals surface area contributed by atoms with Gasteiger partial charge < -0.3 is 10.5 Å². The van der Waals surface area contributed by atoms with E-state index >= 15 is 0 Å². The summed E-state index contributed by atoms with van der Waals surface area (Å²) in [4.78, 5) is 0. The van der Waals surface area contributed by atoms with Gasteiger partial charge in [0.1, 0.15) is 5.75 Å². The van der Waals surface area contributed by atoms with E-state index in [0.717, 1.165) is 17.2 Å². The topological polar surface area (TPSA) is 35.2 Å². The molecule has 106 valence electrons. The molecule has 0 saturated heterocycles. The molecule has 3 atom stereocenters. The zero-order chi connectivity index (χ0) is 13.8. The quantitative estimate of drug-likeness (QED) is 0.874. The number of rotatable bonds is 4. The molecule has 1 aromatic rings. The SMILES string of the molecule is CCC1CCCC(Oc2ccc(C)cc2[C@@H](C)N)C1. The van der Waals surface area contributed by atoms with Crippen molar-refractivity contribution in [2.45, 2.75) is 65.0 Å².